The molecule has 0 aliphatic carbocycles. The molecule has 0 amide bonds. The highest BCUT2D eigenvalue weighted by atomic mass is 16.5. The molecule has 128 valence electrons. The summed E-state index contributed by atoms with van der Waals surface area (Å²) in [6.45, 7) is 3.92. The number of furan rings is 1. The number of likely N-dealkylation sites (tertiary alicyclic amines) is 1. The van der Waals surface area contributed by atoms with Gasteiger partial charge < -0.3 is 14.5 Å². The van der Waals surface area contributed by atoms with Gasteiger partial charge in [-0.3, -0.25) is 4.90 Å². The van der Waals surface area contributed by atoms with E-state index in [1.54, 1.807) is 12.1 Å². The summed E-state index contributed by atoms with van der Waals surface area (Å²) < 4.78 is 10.1. The van der Waals surface area contributed by atoms with Crippen LogP contribution in [0.3, 0.4) is 0 Å². The maximum atomic E-state index is 11.4. The van der Waals surface area contributed by atoms with E-state index in [0.29, 0.717) is 12.3 Å². The lowest BCUT2D eigenvalue weighted by Crippen LogP contribution is -2.29. The Hall–Kier alpha value is -2.27. The molecule has 2 heterocycles. The fourth-order valence-electron chi connectivity index (χ4n) is 3.03. The molecule has 1 N–H and O–H groups in total. The predicted octanol–water partition coefficient (Wildman–Crippen LogP) is 3.66. The number of ether oxygens (including phenoxy) is 1. The van der Waals surface area contributed by atoms with E-state index < -0.39 is 5.97 Å². The molecular formula is C19H24N2O3. The van der Waals surface area contributed by atoms with E-state index in [1.807, 2.05) is 6.07 Å². The molecule has 1 saturated heterocycles. The molecule has 2 aromatic rings. The van der Waals surface area contributed by atoms with Crippen LogP contribution in [0.15, 0.2) is 40.8 Å². The first-order valence-corrected chi connectivity index (χ1v) is 8.47. The highest BCUT2D eigenvalue weighted by Crippen LogP contribution is 2.17. The second kappa shape index (κ2) is 8.02. The quantitative estimate of drug-likeness (QED) is 0.820. The zero-order chi connectivity index (χ0) is 16.8. The highest BCUT2D eigenvalue weighted by Gasteiger charge is 2.12. The molecule has 0 atom stereocenters. The molecule has 1 aliphatic rings. The average molecular weight is 328 g/mol. The lowest BCUT2D eigenvalue weighted by atomic mass is 10.1. The minimum absolute atomic E-state index is 0.230. The lowest BCUT2D eigenvalue weighted by Gasteiger charge is -2.26. The number of nitrogens with one attached hydrogen (secondary N) is 1. The smallest absolute Gasteiger partial charge is 0.373 e. The third-order valence-corrected chi connectivity index (χ3v) is 4.30. The molecule has 0 spiro atoms. The summed E-state index contributed by atoms with van der Waals surface area (Å²) in [6.07, 6.45) is 3.97. The Bertz CT molecular complexity index is 675. The maximum absolute atomic E-state index is 11.4. The average Bonchev–Trinajstić information content (AvgIpc) is 3.09. The van der Waals surface area contributed by atoms with Crippen molar-refractivity contribution in [1.29, 1.82) is 0 Å². The maximum Gasteiger partial charge on any atom is 0.373 e. The van der Waals surface area contributed by atoms with Gasteiger partial charge in [0.05, 0.1) is 13.7 Å². The van der Waals surface area contributed by atoms with Gasteiger partial charge in [0.15, 0.2) is 0 Å². The molecule has 0 saturated carbocycles. The van der Waals surface area contributed by atoms with Crippen molar-refractivity contribution in [3.8, 4) is 0 Å². The van der Waals surface area contributed by atoms with Gasteiger partial charge in [0.2, 0.25) is 5.76 Å². The van der Waals surface area contributed by atoms with Crippen molar-refractivity contribution in [3.63, 3.8) is 0 Å². The van der Waals surface area contributed by atoms with Gasteiger partial charge in [0, 0.05) is 12.2 Å². The number of methoxy groups -OCH3 is 1. The van der Waals surface area contributed by atoms with E-state index in [9.17, 15) is 4.79 Å². The van der Waals surface area contributed by atoms with Crippen LogP contribution in [0.25, 0.3) is 0 Å². The van der Waals surface area contributed by atoms with Gasteiger partial charge in [-0.05, 0) is 55.8 Å². The van der Waals surface area contributed by atoms with Gasteiger partial charge in [-0.25, -0.2) is 4.79 Å². The number of piperidine rings is 1. The number of nitrogens with zero attached hydrogens (tertiary/aromatic N) is 1. The third kappa shape index (κ3) is 4.38. The van der Waals surface area contributed by atoms with E-state index in [1.165, 1.54) is 45.0 Å². The Labute approximate surface area is 142 Å². The normalized spacial score (nSPS) is 15.2. The first-order chi connectivity index (χ1) is 11.7. The second-order valence-electron chi connectivity index (χ2n) is 6.15. The van der Waals surface area contributed by atoms with Crippen LogP contribution in [0.1, 0.15) is 41.1 Å². The molecular weight excluding hydrogens is 304 g/mol. The van der Waals surface area contributed by atoms with Crippen molar-refractivity contribution in [2.24, 2.45) is 0 Å². The molecule has 1 aromatic heterocycles. The van der Waals surface area contributed by atoms with Crippen molar-refractivity contribution in [2.75, 3.05) is 25.5 Å². The van der Waals surface area contributed by atoms with E-state index in [-0.39, 0.29) is 5.76 Å². The van der Waals surface area contributed by atoms with Crippen LogP contribution in [-0.2, 0) is 17.8 Å². The fourth-order valence-corrected chi connectivity index (χ4v) is 3.03. The summed E-state index contributed by atoms with van der Waals surface area (Å²) in [6, 6.07) is 11.9. The van der Waals surface area contributed by atoms with Gasteiger partial charge in [-0.15, -0.1) is 0 Å². The Kier molecular flexibility index (Phi) is 5.54. The molecule has 0 bridgehead atoms. The largest absolute Gasteiger partial charge is 0.463 e. The molecule has 24 heavy (non-hydrogen) atoms. The van der Waals surface area contributed by atoms with Crippen LogP contribution in [0.2, 0.25) is 0 Å². The minimum atomic E-state index is -0.454. The van der Waals surface area contributed by atoms with Crippen LogP contribution < -0.4 is 5.32 Å². The number of hydrogen-bond acceptors (Lipinski definition) is 5. The Morgan fingerprint density at radius 1 is 1.21 bits per heavy atom. The number of anilines is 1. The number of esters is 1. The predicted molar refractivity (Wildman–Crippen MR) is 92.9 cm³/mol. The van der Waals surface area contributed by atoms with Crippen molar-refractivity contribution in [1.82, 2.24) is 4.90 Å². The summed E-state index contributed by atoms with van der Waals surface area (Å²) in [5, 5.41) is 3.34. The summed E-state index contributed by atoms with van der Waals surface area (Å²) in [5.74, 6) is 0.481. The minimum Gasteiger partial charge on any atom is -0.463 e. The summed E-state index contributed by atoms with van der Waals surface area (Å²) >= 11 is 0. The molecule has 0 radical (unpaired) electrons. The van der Waals surface area contributed by atoms with Crippen molar-refractivity contribution in [2.45, 2.75) is 32.4 Å². The lowest BCUT2D eigenvalue weighted by molar-refractivity contribution is 0.0563. The van der Waals surface area contributed by atoms with Crippen molar-refractivity contribution in [3.05, 3.63) is 53.5 Å². The molecule has 0 unspecified atom stereocenters. The van der Waals surface area contributed by atoms with Crippen LogP contribution in [0.5, 0.6) is 0 Å². The van der Waals surface area contributed by atoms with Gasteiger partial charge >= 0.3 is 5.97 Å². The van der Waals surface area contributed by atoms with Gasteiger partial charge in [-0.1, -0.05) is 18.6 Å². The summed E-state index contributed by atoms with van der Waals surface area (Å²) in [5.41, 5.74) is 2.37. The zero-order valence-corrected chi connectivity index (χ0v) is 14.1. The van der Waals surface area contributed by atoms with Gasteiger partial charge in [0.1, 0.15) is 5.76 Å². The Morgan fingerprint density at radius 3 is 2.83 bits per heavy atom. The molecule has 5 heteroatoms. The number of carbonyl (C=O) groups excluding carboxylic acids is 1. The van der Waals surface area contributed by atoms with Crippen molar-refractivity contribution >= 4 is 11.7 Å². The number of hydrogen-bond donors (Lipinski definition) is 1. The molecule has 1 aliphatic heterocycles. The monoisotopic (exact) mass is 328 g/mol. The van der Waals surface area contributed by atoms with E-state index >= 15 is 0 Å². The topological polar surface area (TPSA) is 54.7 Å². The van der Waals surface area contributed by atoms with Crippen LogP contribution in [0, 0.1) is 0 Å². The number of carbonyl (C=O) groups is 1. The standard InChI is InChI=1S/C19H24N2O3/c1-23-19(22)18-9-8-17(24-18)13-20-16-7-5-6-15(12-16)14-21-10-3-2-4-11-21/h5-9,12,20H,2-4,10-11,13-14H2,1H3. The number of benzene rings is 1. The van der Waals surface area contributed by atoms with Crippen LogP contribution in [0.4, 0.5) is 5.69 Å². The molecule has 5 nitrogen and oxygen atoms in total. The van der Waals surface area contributed by atoms with Crippen LogP contribution >= 0.6 is 0 Å². The van der Waals surface area contributed by atoms with E-state index in [0.717, 1.165) is 12.2 Å². The van der Waals surface area contributed by atoms with E-state index in [2.05, 4.69) is 33.2 Å². The molecule has 1 aromatic carbocycles. The van der Waals surface area contributed by atoms with Gasteiger partial charge in [0.25, 0.3) is 0 Å². The molecule has 1 fully saturated rings. The van der Waals surface area contributed by atoms with Crippen LogP contribution in [-0.4, -0.2) is 31.1 Å². The fraction of sp³-hybridized carbons (Fsp3) is 0.421. The second-order valence-corrected chi connectivity index (χ2v) is 6.15. The molecule has 3 rings (SSSR count). The van der Waals surface area contributed by atoms with Gasteiger partial charge in [-0.2, -0.15) is 0 Å². The third-order valence-electron chi connectivity index (χ3n) is 4.30. The first kappa shape index (κ1) is 16.6. The number of rotatable bonds is 6. The summed E-state index contributed by atoms with van der Waals surface area (Å²) in [4.78, 5) is 13.9. The van der Waals surface area contributed by atoms with E-state index in [4.69, 9.17) is 4.42 Å². The zero-order valence-electron chi connectivity index (χ0n) is 14.1. The Morgan fingerprint density at radius 2 is 2.04 bits per heavy atom. The first-order valence-electron chi connectivity index (χ1n) is 8.47. The Balaban J connectivity index is 1.56. The van der Waals surface area contributed by atoms with Crippen molar-refractivity contribution < 1.29 is 13.9 Å². The highest BCUT2D eigenvalue weighted by molar-refractivity contribution is 5.86. The SMILES string of the molecule is COC(=O)c1ccc(CNc2cccc(CN3CCCCC3)c2)o1. The summed E-state index contributed by atoms with van der Waals surface area (Å²) in [7, 11) is 1.34.